The lowest BCUT2D eigenvalue weighted by Crippen LogP contribution is -2.34. The number of hydrogen-bond donors (Lipinski definition) is 2. The molecule has 0 saturated carbocycles. The third-order valence-electron chi connectivity index (χ3n) is 3.22. The number of nitrogens with zero attached hydrogens (tertiary/aromatic N) is 1. The lowest BCUT2D eigenvalue weighted by Gasteiger charge is -2.11. The zero-order valence-corrected chi connectivity index (χ0v) is 15.2. The third-order valence-corrected chi connectivity index (χ3v) is 3.43. The molecule has 3 aromatic rings. The van der Waals surface area contributed by atoms with Gasteiger partial charge < -0.3 is 10.1 Å². The Morgan fingerprint density at radius 1 is 0.962 bits per heavy atom. The normalized spacial score (nSPS) is 9.54. The fraction of sp³-hybridized carbons (Fsp3) is 0. The molecule has 7 heteroatoms. The van der Waals surface area contributed by atoms with Crippen LogP contribution in [0.3, 0.4) is 0 Å². The molecule has 2 aromatic carbocycles. The molecule has 0 aliphatic rings. The Balaban J connectivity index is 0.00000243. The Bertz CT molecular complexity index is 876. The molecular formula is C19H16ClN3O2S. The number of aromatic nitrogens is 1. The molecule has 0 unspecified atom stereocenters. The van der Waals surface area contributed by atoms with Crippen LogP contribution in [0, 0.1) is 0 Å². The van der Waals surface area contributed by atoms with Crippen molar-refractivity contribution < 1.29 is 9.53 Å². The quantitative estimate of drug-likeness (QED) is 0.651. The standard InChI is InChI=1S/C19H15N3O2S.ClH/c23-18(14-6-5-11-20-13-14)22-19(25)21-15-7-4-10-17(12-15)24-16-8-2-1-3-9-16;/h1-13H,(H2,21,22,23,25);1H. The molecule has 5 nitrogen and oxygen atoms in total. The van der Waals surface area contributed by atoms with Crippen molar-refractivity contribution in [3.63, 3.8) is 0 Å². The zero-order chi connectivity index (χ0) is 17.5. The van der Waals surface area contributed by atoms with Gasteiger partial charge in [0, 0.05) is 24.1 Å². The molecule has 0 aliphatic heterocycles. The van der Waals surface area contributed by atoms with Gasteiger partial charge in [-0.15, -0.1) is 12.4 Å². The van der Waals surface area contributed by atoms with Crippen molar-refractivity contribution in [2.75, 3.05) is 5.32 Å². The Morgan fingerprint density at radius 3 is 2.46 bits per heavy atom. The van der Waals surface area contributed by atoms with E-state index in [4.69, 9.17) is 17.0 Å². The van der Waals surface area contributed by atoms with Gasteiger partial charge in [0.15, 0.2) is 5.11 Å². The van der Waals surface area contributed by atoms with E-state index in [1.807, 2.05) is 48.5 Å². The Kier molecular flexibility index (Phi) is 7.08. The first-order chi connectivity index (χ1) is 12.2. The van der Waals surface area contributed by atoms with Gasteiger partial charge in [-0.25, -0.2) is 0 Å². The van der Waals surface area contributed by atoms with Crippen LogP contribution in [0.25, 0.3) is 0 Å². The SMILES string of the molecule is Cl.O=C(NC(=S)Nc1cccc(Oc2ccccc2)c1)c1cccnc1. The van der Waals surface area contributed by atoms with Gasteiger partial charge in [0.25, 0.3) is 5.91 Å². The maximum Gasteiger partial charge on any atom is 0.258 e. The van der Waals surface area contributed by atoms with E-state index in [-0.39, 0.29) is 23.4 Å². The second-order valence-corrected chi connectivity index (χ2v) is 5.50. The first-order valence-electron chi connectivity index (χ1n) is 7.56. The number of para-hydroxylation sites is 1. The zero-order valence-electron chi connectivity index (χ0n) is 13.6. The van der Waals surface area contributed by atoms with E-state index in [9.17, 15) is 4.79 Å². The highest BCUT2D eigenvalue weighted by Gasteiger charge is 2.08. The van der Waals surface area contributed by atoms with E-state index in [1.165, 1.54) is 6.20 Å². The minimum Gasteiger partial charge on any atom is -0.457 e. The van der Waals surface area contributed by atoms with Gasteiger partial charge >= 0.3 is 0 Å². The van der Waals surface area contributed by atoms with Crippen LogP contribution >= 0.6 is 24.6 Å². The lowest BCUT2D eigenvalue weighted by molar-refractivity contribution is 0.0977. The smallest absolute Gasteiger partial charge is 0.258 e. The number of halogens is 1. The fourth-order valence-electron chi connectivity index (χ4n) is 2.10. The number of amides is 1. The molecule has 132 valence electrons. The Morgan fingerprint density at radius 2 is 1.73 bits per heavy atom. The van der Waals surface area contributed by atoms with E-state index < -0.39 is 0 Å². The van der Waals surface area contributed by atoms with Gasteiger partial charge in [-0.1, -0.05) is 24.3 Å². The molecule has 0 aliphatic carbocycles. The van der Waals surface area contributed by atoms with Gasteiger partial charge in [-0.3, -0.25) is 15.1 Å². The van der Waals surface area contributed by atoms with Crippen molar-refractivity contribution in [2.45, 2.75) is 0 Å². The van der Waals surface area contributed by atoms with Crippen LogP contribution in [0.2, 0.25) is 0 Å². The number of hydrogen-bond acceptors (Lipinski definition) is 4. The van der Waals surface area contributed by atoms with Crippen LogP contribution in [-0.4, -0.2) is 16.0 Å². The maximum absolute atomic E-state index is 12.1. The molecule has 1 heterocycles. The summed E-state index contributed by atoms with van der Waals surface area (Å²) >= 11 is 5.18. The highest BCUT2D eigenvalue weighted by Crippen LogP contribution is 2.23. The predicted molar refractivity (Wildman–Crippen MR) is 108 cm³/mol. The van der Waals surface area contributed by atoms with E-state index >= 15 is 0 Å². The predicted octanol–water partition coefficient (Wildman–Crippen LogP) is 4.42. The summed E-state index contributed by atoms with van der Waals surface area (Å²) in [5, 5.41) is 5.78. The second-order valence-electron chi connectivity index (χ2n) is 5.09. The summed E-state index contributed by atoms with van der Waals surface area (Å²) in [6.07, 6.45) is 3.08. The number of carbonyl (C=O) groups excluding carboxylic acids is 1. The van der Waals surface area contributed by atoms with E-state index in [0.29, 0.717) is 17.0 Å². The summed E-state index contributed by atoms with van der Waals surface area (Å²) in [6.45, 7) is 0. The minimum absolute atomic E-state index is 0. The monoisotopic (exact) mass is 385 g/mol. The number of anilines is 1. The number of carbonyl (C=O) groups is 1. The van der Waals surface area contributed by atoms with Crippen LogP contribution in [0.5, 0.6) is 11.5 Å². The summed E-state index contributed by atoms with van der Waals surface area (Å²) in [5.74, 6) is 1.09. The highest BCUT2D eigenvalue weighted by molar-refractivity contribution is 7.80. The minimum atomic E-state index is -0.317. The molecule has 0 atom stereocenters. The molecule has 26 heavy (non-hydrogen) atoms. The molecule has 0 radical (unpaired) electrons. The van der Waals surface area contributed by atoms with Crippen LogP contribution in [-0.2, 0) is 0 Å². The summed E-state index contributed by atoms with van der Waals surface area (Å²) < 4.78 is 5.77. The van der Waals surface area contributed by atoms with Crippen LogP contribution < -0.4 is 15.4 Å². The Labute approximate surface area is 162 Å². The van der Waals surface area contributed by atoms with Crippen molar-refractivity contribution in [1.29, 1.82) is 0 Å². The molecule has 1 aromatic heterocycles. The molecular weight excluding hydrogens is 370 g/mol. The second kappa shape index (κ2) is 9.50. The summed E-state index contributed by atoms with van der Waals surface area (Å²) in [6, 6.07) is 20.2. The molecule has 0 fully saturated rings. The lowest BCUT2D eigenvalue weighted by atomic mass is 10.3. The number of benzene rings is 2. The molecule has 0 saturated heterocycles. The van der Waals surface area contributed by atoms with Gasteiger partial charge in [-0.05, 0) is 48.6 Å². The van der Waals surface area contributed by atoms with Crippen molar-refractivity contribution >= 4 is 41.3 Å². The average molecular weight is 386 g/mol. The number of nitrogens with one attached hydrogen (secondary N) is 2. The number of thiocarbonyl (C=S) groups is 1. The van der Waals surface area contributed by atoms with Crippen molar-refractivity contribution in [3.05, 3.63) is 84.7 Å². The van der Waals surface area contributed by atoms with E-state index in [1.54, 1.807) is 24.4 Å². The Hall–Kier alpha value is -2.96. The largest absolute Gasteiger partial charge is 0.457 e. The average Bonchev–Trinajstić information content (AvgIpc) is 2.63. The van der Waals surface area contributed by atoms with Gasteiger partial charge in [0.05, 0.1) is 5.56 Å². The van der Waals surface area contributed by atoms with Gasteiger partial charge in [-0.2, -0.15) is 0 Å². The van der Waals surface area contributed by atoms with Crippen molar-refractivity contribution in [2.24, 2.45) is 0 Å². The van der Waals surface area contributed by atoms with Crippen LogP contribution in [0.15, 0.2) is 79.1 Å². The van der Waals surface area contributed by atoms with Crippen molar-refractivity contribution in [1.82, 2.24) is 10.3 Å². The molecule has 1 amide bonds. The molecule has 2 N–H and O–H groups in total. The van der Waals surface area contributed by atoms with E-state index in [2.05, 4.69) is 15.6 Å². The first kappa shape index (κ1) is 19.4. The number of rotatable bonds is 4. The molecule has 3 rings (SSSR count). The van der Waals surface area contributed by atoms with Crippen LogP contribution in [0.4, 0.5) is 5.69 Å². The summed E-state index contributed by atoms with van der Waals surface area (Å²) in [4.78, 5) is 16.0. The maximum atomic E-state index is 12.1. The third kappa shape index (κ3) is 5.54. The summed E-state index contributed by atoms with van der Waals surface area (Å²) in [5.41, 5.74) is 1.15. The van der Waals surface area contributed by atoms with Gasteiger partial charge in [0.1, 0.15) is 11.5 Å². The van der Waals surface area contributed by atoms with Gasteiger partial charge in [0.2, 0.25) is 0 Å². The first-order valence-corrected chi connectivity index (χ1v) is 7.97. The summed E-state index contributed by atoms with van der Waals surface area (Å²) in [7, 11) is 0. The van der Waals surface area contributed by atoms with Crippen molar-refractivity contribution in [3.8, 4) is 11.5 Å². The number of pyridine rings is 1. The fourth-order valence-corrected chi connectivity index (χ4v) is 2.31. The number of ether oxygens (including phenoxy) is 1. The topological polar surface area (TPSA) is 63.2 Å². The molecule has 0 spiro atoms. The van der Waals surface area contributed by atoms with E-state index in [0.717, 1.165) is 5.75 Å². The van der Waals surface area contributed by atoms with Crippen LogP contribution in [0.1, 0.15) is 10.4 Å². The highest BCUT2D eigenvalue weighted by atomic mass is 35.5. The molecule has 0 bridgehead atoms.